The van der Waals surface area contributed by atoms with E-state index in [9.17, 15) is 22.4 Å². The number of benzene rings is 1. The second-order valence-corrected chi connectivity index (χ2v) is 8.55. The van der Waals surface area contributed by atoms with E-state index in [1.807, 2.05) is 6.92 Å². The Balaban J connectivity index is 1.53. The third-order valence-corrected chi connectivity index (χ3v) is 6.73. The van der Waals surface area contributed by atoms with Crippen molar-refractivity contribution in [3.05, 3.63) is 30.1 Å². The molecule has 1 saturated heterocycles. The number of carbonyl (C=O) groups excluding carboxylic acids is 2. The van der Waals surface area contributed by atoms with Crippen molar-refractivity contribution in [1.82, 2.24) is 9.21 Å². The van der Waals surface area contributed by atoms with Gasteiger partial charge in [0.05, 0.1) is 5.92 Å². The molecule has 2 fully saturated rings. The molecule has 26 heavy (non-hydrogen) atoms. The van der Waals surface area contributed by atoms with E-state index >= 15 is 0 Å². The third-order valence-electron chi connectivity index (χ3n) is 4.80. The summed E-state index contributed by atoms with van der Waals surface area (Å²) in [7, 11) is -3.94. The highest BCUT2D eigenvalue weighted by atomic mass is 32.2. The van der Waals surface area contributed by atoms with Gasteiger partial charge in [-0.15, -0.1) is 0 Å². The highest BCUT2D eigenvalue weighted by Gasteiger charge is 2.41. The lowest BCUT2D eigenvalue weighted by atomic mass is 10.3. The van der Waals surface area contributed by atoms with Crippen molar-refractivity contribution in [2.75, 3.05) is 32.8 Å². The zero-order chi connectivity index (χ0) is 18.9. The molecule has 1 aromatic carbocycles. The van der Waals surface area contributed by atoms with Crippen LogP contribution < -0.4 is 0 Å². The van der Waals surface area contributed by atoms with Crippen LogP contribution in [0.15, 0.2) is 29.2 Å². The minimum Gasteiger partial charge on any atom is -0.455 e. The van der Waals surface area contributed by atoms with Crippen molar-refractivity contribution >= 4 is 21.9 Å². The topological polar surface area (TPSA) is 84.0 Å². The zero-order valence-corrected chi connectivity index (χ0v) is 15.2. The Bertz CT molecular complexity index is 805. The van der Waals surface area contributed by atoms with Crippen molar-refractivity contribution in [3.8, 4) is 0 Å². The van der Waals surface area contributed by atoms with Gasteiger partial charge >= 0.3 is 5.97 Å². The predicted octanol–water partition coefficient (Wildman–Crippen LogP) is 0.858. The second-order valence-electron chi connectivity index (χ2n) is 6.64. The lowest BCUT2D eigenvalue weighted by molar-refractivity contribution is -0.153. The van der Waals surface area contributed by atoms with Gasteiger partial charge in [0.25, 0.3) is 5.91 Å². The molecule has 1 amide bonds. The summed E-state index contributed by atoms with van der Waals surface area (Å²) in [5.41, 5.74) is 0. The van der Waals surface area contributed by atoms with E-state index in [-0.39, 0.29) is 55.5 Å². The summed E-state index contributed by atoms with van der Waals surface area (Å²) in [5.74, 6) is -1.30. The highest BCUT2D eigenvalue weighted by Crippen LogP contribution is 2.38. The Morgan fingerprint density at radius 1 is 1.19 bits per heavy atom. The van der Waals surface area contributed by atoms with Gasteiger partial charge in [-0.3, -0.25) is 9.59 Å². The number of ether oxygens (including phenoxy) is 1. The van der Waals surface area contributed by atoms with Crippen LogP contribution in [0.1, 0.15) is 13.3 Å². The second kappa shape index (κ2) is 7.32. The standard InChI is InChI=1S/C17H21FN2O5S/c1-12-10-13(12)17(22)25-11-16(21)19-6-8-20(9-7-19)26(23,24)15-5-3-2-4-14(15)18/h2-5,12-13H,6-11H2,1H3/t12-,13-/m1/s1. The molecule has 9 heteroatoms. The van der Waals surface area contributed by atoms with E-state index < -0.39 is 15.8 Å². The third kappa shape index (κ3) is 3.88. The van der Waals surface area contributed by atoms with E-state index in [4.69, 9.17) is 4.74 Å². The van der Waals surface area contributed by atoms with E-state index in [2.05, 4.69) is 0 Å². The Hall–Kier alpha value is -2.00. The lowest BCUT2D eigenvalue weighted by Crippen LogP contribution is -2.51. The van der Waals surface area contributed by atoms with Gasteiger partial charge in [-0.1, -0.05) is 19.1 Å². The lowest BCUT2D eigenvalue weighted by Gasteiger charge is -2.33. The SMILES string of the molecule is C[C@@H]1C[C@H]1C(=O)OCC(=O)N1CCN(S(=O)(=O)c2ccccc2F)CC1. The van der Waals surface area contributed by atoms with E-state index in [0.717, 1.165) is 16.8 Å². The first kappa shape index (κ1) is 18.8. The van der Waals surface area contributed by atoms with Crippen molar-refractivity contribution in [2.45, 2.75) is 18.2 Å². The Kier molecular flexibility index (Phi) is 5.29. The summed E-state index contributed by atoms with van der Waals surface area (Å²) in [4.78, 5) is 24.9. The van der Waals surface area contributed by atoms with Gasteiger partial charge < -0.3 is 9.64 Å². The molecule has 142 valence electrons. The van der Waals surface area contributed by atoms with Crippen LogP contribution >= 0.6 is 0 Å². The predicted molar refractivity (Wildman–Crippen MR) is 90.0 cm³/mol. The number of sulfonamides is 1. The molecule has 0 N–H and O–H groups in total. The molecule has 0 spiro atoms. The van der Waals surface area contributed by atoms with Crippen LogP contribution in [0.3, 0.4) is 0 Å². The van der Waals surface area contributed by atoms with Crippen molar-refractivity contribution in [3.63, 3.8) is 0 Å². The number of rotatable bonds is 5. The van der Waals surface area contributed by atoms with Crippen molar-refractivity contribution in [1.29, 1.82) is 0 Å². The Morgan fingerprint density at radius 3 is 2.38 bits per heavy atom. The smallest absolute Gasteiger partial charge is 0.309 e. The molecule has 1 aromatic rings. The molecule has 1 saturated carbocycles. The molecule has 0 bridgehead atoms. The molecule has 2 aliphatic rings. The summed E-state index contributed by atoms with van der Waals surface area (Å²) in [6.07, 6.45) is 0.791. The number of hydrogen-bond donors (Lipinski definition) is 0. The molecular formula is C17H21FN2O5S. The fourth-order valence-electron chi connectivity index (χ4n) is 2.95. The first-order valence-corrected chi connectivity index (χ1v) is 9.94. The van der Waals surface area contributed by atoms with Crippen LogP contribution in [-0.2, 0) is 24.3 Å². The molecule has 0 aromatic heterocycles. The summed E-state index contributed by atoms with van der Waals surface area (Å²) < 4.78 is 45.0. The van der Waals surface area contributed by atoms with Gasteiger partial charge in [-0.2, -0.15) is 4.31 Å². The van der Waals surface area contributed by atoms with E-state index in [0.29, 0.717) is 5.92 Å². The summed E-state index contributed by atoms with van der Waals surface area (Å²) in [6.45, 7) is 2.09. The minimum atomic E-state index is -3.94. The molecule has 1 aliphatic carbocycles. The fourth-order valence-corrected chi connectivity index (χ4v) is 4.44. The van der Waals surface area contributed by atoms with Gasteiger partial charge in [0.1, 0.15) is 10.7 Å². The first-order chi connectivity index (χ1) is 12.3. The monoisotopic (exact) mass is 384 g/mol. The minimum absolute atomic E-state index is 0.0655. The van der Waals surface area contributed by atoms with Gasteiger partial charge in [-0.05, 0) is 24.5 Å². The number of hydrogen-bond acceptors (Lipinski definition) is 5. The molecular weight excluding hydrogens is 363 g/mol. The molecule has 3 rings (SSSR count). The van der Waals surface area contributed by atoms with Crippen molar-refractivity contribution < 1.29 is 27.1 Å². The largest absolute Gasteiger partial charge is 0.455 e. The maximum absolute atomic E-state index is 13.8. The quantitative estimate of drug-likeness (QED) is 0.703. The van der Waals surface area contributed by atoms with Gasteiger partial charge in [-0.25, -0.2) is 12.8 Å². The normalized spacial score (nSPS) is 23.5. The highest BCUT2D eigenvalue weighted by molar-refractivity contribution is 7.89. The molecule has 2 atom stereocenters. The Morgan fingerprint density at radius 2 is 1.81 bits per heavy atom. The van der Waals surface area contributed by atoms with Gasteiger partial charge in [0.2, 0.25) is 10.0 Å². The number of carbonyl (C=O) groups is 2. The molecule has 1 aliphatic heterocycles. The summed E-state index contributed by atoms with van der Waals surface area (Å²) in [6, 6.07) is 5.21. The van der Waals surface area contributed by atoms with Gasteiger partial charge in [0.15, 0.2) is 6.61 Å². The number of piperazine rings is 1. The number of nitrogens with zero attached hydrogens (tertiary/aromatic N) is 2. The average Bonchev–Trinajstić information content (AvgIpc) is 3.36. The fraction of sp³-hybridized carbons (Fsp3) is 0.529. The first-order valence-electron chi connectivity index (χ1n) is 8.50. The maximum atomic E-state index is 13.8. The molecule has 0 radical (unpaired) electrons. The van der Waals surface area contributed by atoms with E-state index in [1.165, 1.54) is 23.1 Å². The van der Waals surface area contributed by atoms with Crippen molar-refractivity contribution in [2.24, 2.45) is 11.8 Å². The molecule has 1 heterocycles. The van der Waals surface area contributed by atoms with E-state index in [1.54, 1.807) is 0 Å². The number of esters is 1. The number of halogens is 1. The maximum Gasteiger partial charge on any atom is 0.309 e. The van der Waals surface area contributed by atoms with Crippen LogP contribution in [0.4, 0.5) is 4.39 Å². The van der Waals surface area contributed by atoms with Crippen LogP contribution in [0.2, 0.25) is 0 Å². The zero-order valence-electron chi connectivity index (χ0n) is 14.4. The summed E-state index contributed by atoms with van der Waals surface area (Å²) >= 11 is 0. The molecule has 0 unspecified atom stereocenters. The molecule has 7 nitrogen and oxygen atoms in total. The van der Waals surface area contributed by atoms with Crippen LogP contribution in [-0.4, -0.2) is 62.3 Å². The van der Waals surface area contributed by atoms with Crippen LogP contribution in [0.25, 0.3) is 0 Å². The Labute approximate surface area is 151 Å². The van der Waals surface area contributed by atoms with Crippen LogP contribution in [0, 0.1) is 17.7 Å². The van der Waals surface area contributed by atoms with Gasteiger partial charge in [0, 0.05) is 26.2 Å². The van der Waals surface area contributed by atoms with Crippen LogP contribution in [0.5, 0.6) is 0 Å². The average molecular weight is 384 g/mol. The number of amides is 1. The summed E-state index contributed by atoms with van der Waals surface area (Å²) in [5, 5.41) is 0.